The van der Waals surface area contributed by atoms with Crippen molar-refractivity contribution in [3.63, 3.8) is 0 Å². The van der Waals surface area contributed by atoms with Crippen molar-refractivity contribution in [2.45, 2.75) is 18.9 Å². The normalized spacial score (nSPS) is 21.1. The van der Waals surface area contributed by atoms with Gasteiger partial charge in [0.2, 0.25) is 0 Å². The minimum absolute atomic E-state index is 0.269. The molecule has 0 aromatic carbocycles. The average molecular weight is 194 g/mol. The molecule has 4 heteroatoms. The molecule has 0 radical (unpaired) electrons. The third-order valence-corrected chi connectivity index (χ3v) is 2.59. The highest BCUT2D eigenvalue weighted by atomic mass is 16.5. The molecule has 1 aliphatic heterocycles. The highest BCUT2D eigenvalue weighted by Crippen LogP contribution is 2.24. The number of methoxy groups -OCH3 is 1. The lowest BCUT2D eigenvalue weighted by molar-refractivity contribution is 0.0599. The fraction of sp³-hybridized carbons (Fsp3) is 0.500. The third-order valence-electron chi connectivity index (χ3n) is 2.59. The first-order chi connectivity index (χ1) is 6.83. The molecule has 0 aliphatic carbocycles. The molecular formula is C10H14N2O2. The van der Waals surface area contributed by atoms with E-state index in [1.807, 2.05) is 0 Å². The molecule has 1 aliphatic rings. The lowest BCUT2D eigenvalue weighted by Crippen LogP contribution is -2.16. The first-order valence-corrected chi connectivity index (χ1v) is 4.82. The largest absolute Gasteiger partial charge is 0.465 e. The van der Waals surface area contributed by atoms with Crippen LogP contribution in [0.25, 0.3) is 0 Å². The van der Waals surface area contributed by atoms with Gasteiger partial charge in [-0.05, 0) is 25.5 Å². The maximum absolute atomic E-state index is 11.4. The van der Waals surface area contributed by atoms with Crippen LogP contribution in [0.1, 0.15) is 34.9 Å². The van der Waals surface area contributed by atoms with Crippen LogP contribution >= 0.6 is 0 Å². The first kappa shape index (κ1) is 9.27. The summed E-state index contributed by atoms with van der Waals surface area (Å²) >= 11 is 0. The van der Waals surface area contributed by atoms with Crippen LogP contribution in [0.15, 0.2) is 12.3 Å². The van der Waals surface area contributed by atoms with Crippen molar-refractivity contribution >= 4 is 5.97 Å². The van der Waals surface area contributed by atoms with E-state index in [2.05, 4.69) is 10.3 Å². The molecule has 4 nitrogen and oxygen atoms in total. The van der Waals surface area contributed by atoms with Gasteiger partial charge >= 0.3 is 5.97 Å². The molecule has 0 spiro atoms. The molecule has 0 unspecified atom stereocenters. The van der Waals surface area contributed by atoms with E-state index in [9.17, 15) is 4.79 Å². The smallest absolute Gasteiger partial charge is 0.339 e. The van der Waals surface area contributed by atoms with Gasteiger partial charge in [0.15, 0.2) is 0 Å². The van der Waals surface area contributed by atoms with E-state index in [4.69, 9.17) is 4.74 Å². The maximum atomic E-state index is 11.4. The number of aromatic amines is 1. The number of aromatic nitrogens is 1. The van der Waals surface area contributed by atoms with Gasteiger partial charge in [-0.2, -0.15) is 0 Å². The SMILES string of the molecule is COC(=O)c1cc[nH]c1[C@H]1CCCN1. The summed E-state index contributed by atoms with van der Waals surface area (Å²) in [6.45, 7) is 1.02. The molecule has 0 saturated carbocycles. The summed E-state index contributed by atoms with van der Waals surface area (Å²) < 4.78 is 4.71. The standard InChI is InChI=1S/C10H14N2O2/c1-14-10(13)7-4-6-12-9(7)8-3-2-5-11-8/h4,6,8,11-12H,2-3,5H2,1H3/t8-/m1/s1. The molecule has 1 fully saturated rings. The number of esters is 1. The van der Waals surface area contributed by atoms with Gasteiger partial charge in [0.1, 0.15) is 0 Å². The zero-order valence-electron chi connectivity index (χ0n) is 8.17. The quantitative estimate of drug-likeness (QED) is 0.696. The molecule has 1 atom stereocenters. The summed E-state index contributed by atoms with van der Waals surface area (Å²) in [4.78, 5) is 14.5. The van der Waals surface area contributed by atoms with Crippen LogP contribution in [0.5, 0.6) is 0 Å². The van der Waals surface area contributed by atoms with Crippen LogP contribution in [0.3, 0.4) is 0 Å². The molecule has 0 amide bonds. The van der Waals surface area contributed by atoms with Gasteiger partial charge in [-0.25, -0.2) is 4.79 Å². The highest BCUT2D eigenvalue weighted by molar-refractivity contribution is 5.90. The zero-order valence-corrected chi connectivity index (χ0v) is 8.17. The molecule has 1 saturated heterocycles. The zero-order chi connectivity index (χ0) is 9.97. The Hall–Kier alpha value is -1.29. The third kappa shape index (κ3) is 1.53. The van der Waals surface area contributed by atoms with E-state index in [1.54, 1.807) is 12.3 Å². The Bertz CT molecular complexity index is 327. The number of nitrogens with one attached hydrogen (secondary N) is 2. The lowest BCUT2D eigenvalue weighted by atomic mass is 10.1. The Balaban J connectivity index is 2.24. The van der Waals surface area contributed by atoms with Gasteiger partial charge < -0.3 is 15.0 Å². The summed E-state index contributed by atoms with van der Waals surface area (Å²) in [6, 6.07) is 2.04. The van der Waals surface area contributed by atoms with Gasteiger partial charge in [-0.15, -0.1) is 0 Å². The molecule has 0 bridgehead atoms. The molecule has 1 aromatic heterocycles. The van der Waals surface area contributed by atoms with E-state index in [-0.39, 0.29) is 12.0 Å². The predicted octanol–water partition coefficient (Wildman–Crippen LogP) is 1.23. The molecule has 1 aromatic rings. The number of carbonyl (C=O) groups is 1. The van der Waals surface area contributed by atoms with Crippen molar-refractivity contribution in [2.24, 2.45) is 0 Å². The molecule has 14 heavy (non-hydrogen) atoms. The van der Waals surface area contributed by atoms with Gasteiger partial charge in [-0.1, -0.05) is 0 Å². The van der Waals surface area contributed by atoms with Crippen molar-refractivity contribution in [3.8, 4) is 0 Å². The fourth-order valence-electron chi connectivity index (χ4n) is 1.89. The van der Waals surface area contributed by atoms with Crippen molar-refractivity contribution in [1.29, 1.82) is 0 Å². The van der Waals surface area contributed by atoms with Gasteiger partial charge in [0.25, 0.3) is 0 Å². The van der Waals surface area contributed by atoms with Crippen LogP contribution in [-0.2, 0) is 4.74 Å². The van der Waals surface area contributed by atoms with Crippen LogP contribution in [0.2, 0.25) is 0 Å². The second-order valence-corrected chi connectivity index (χ2v) is 3.45. The van der Waals surface area contributed by atoms with E-state index in [0.717, 1.165) is 25.1 Å². The number of H-pyrrole nitrogens is 1. The molecule has 76 valence electrons. The van der Waals surface area contributed by atoms with Crippen molar-refractivity contribution < 1.29 is 9.53 Å². The van der Waals surface area contributed by atoms with Gasteiger partial charge in [0, 0.05) is 17.9 Å². The number of hydrogen-bond acceptors (Lipinski definition) is 3. The Morgan fingerprint density at radius 1 is 1.64 bits per heavy atom. The Labute approximate surface area is 82.6 Å². The number of rotatable bonds is 2. The second-order valence-electron chi connectivity index (χ2n) is 3.45. The van der Waals surface area contributed by atoms with Gasteiger partial charge in [0.05, 0.1) is 12.7 Å². The van der Waals surface area contributed by atoms with E-state index in [0.29, 0.717) is 5.56 Å². The fourth-order valence-corrected chi connectivity index (χ4v) is 1.89. The number of carbonyl (C=O) groups excluding carboxylic acids is 1. The summed E-state index contributed by atoms with van der Waals surface area (Å²) in [7, 11) is 1.40. The summed E-state index contributed by atoms with van der Waals surface area (Å²) in [5.74, 6) is -0.269. The molecule has 2 N–H and O–H groups in total. The van der Waals surface area contributed by atoms with Crippen LogP contribution in [-0.4, -0.2) is 24.6 Å². The molecule has 2 heterocycles. The Morgan fingerprint density at radius 2 is 2.50 bits per heavy atom. The van der Waals surface area contributed by atoms with Crippen molar-refractivity contribution in [2.75, 3.05) is 13.7 Å². The van der Waals surface area contributed by atoms with Crippen LogP contribution < -0.4 is 5.32 Å². The first-order valence-electron chi connectivity index (χ1n) is 4.82. The average Bonchev–Trinajstić information content (AvgIpc) is 2.85. The summed E-state index contributed by atoms with van der Waals surface area (Å²) in [5, 5.41) is 3.34. The van der Waals surface area contributed by atoms with E-state index in [1.165, 1.54) is 7.11 Å². The number of ether oxygens (including phenoxy) is 1. The predicted molar refractivity (Wildman–Crippen MR) is 52.1 cm³/mol. The highest BCUT2D eigenvalue weighted by Gasteiger charge is 2.23. The molecule has 2 rings (SSSR count). The van der Waals surface area contributed by atoms with Crippen LogP contribution in [0, 0.1) is 0 Å². The van der Waals surface area contributed by atoms with E-state index < -0.39 is 0 Å². The van der Waals surface area contributed by atoms with Crippen molar-refractivity contribution in [3.05, 3.63) is 23.5 Å². The van der Waals surface area contributed by atoms with Crippen molar-refractivity contribution in [1.82, 2.24) is 10.3 Å². The Morgan fingerprint density at radius 3 is 3.14 bits per heavy atom. The monoisotopic (exact) mass is 194 g/mol. The lowest BCUT2D eigenvalue weighted by Gasteiger charge is -2.10. The Kier molecular flexibility index (Phi) is 2.54. The van der Waals surface area contributed by atoms with Crippen LogP contribution in [0.4, 0.5) is 0 Å². The minimum atomic E-state index is -0.269. The second kappa shape index (κ2) is 3.84. The van der Waals surface area contributed by atoms with Gasteiger partial charge in [-0.3, -0.25) is 0 Å². The summed E-state index contributed by atoms with van der Waals surface area (Å²) in [6.07, 6.45) is 4.01. The number of hydrogen-bond donors (Lipinski definition) is 2. The maximum Gasteiger partial charge on any atom is 0.339 e. The minimum Gasteiger partial charge on any atom is -0.465 e. The van der Waals surface area contributed by atoms with E-state index >= 15 is 0 Å². The summed E-state index contributed by atoms with van der Waals surface area (Å²) in [5.41, 5.74) is 1.60. The molecular weight excluding hydrogens is 180 g/mol. The topological polar surface area (TPSA) is 54.1 Å².